The Morgan fingerprint density at radius 2 is 1.68 bits per heavy atom. The van der Waals surface area contributed by atoms with Crippen molar-refractivity contribution in [3.05, 3.63) is 24.3 Å². The van der Waals surface area contributed by atoms with E-state index in [1.807, 2.05) is 0 Å². The predicted molar refractivity (Wildman–Crippen MR) is 83.9 cm³/mol. The lowest BCUT2D eigenvalue weighted by Crippen LogP contribution is -2.38. The maximum absolute atomic E-state index is 12.3. The smallest absolute Gasteiger partial charge is 0.387 e. The molecule has 2 fully saturated rings. The zero-order valence-electron chi connectivity index (χ0n) is 13.4. The number of anilines is 1. The second kappa shape index (κ2) is 7.16. The quantitative estimate of drug-likeness (QED) is 0.826. The first kappa shape index (κ1) is 17.3. The van der Waals surface area contributed by atoms with E-state index in [-0.39, 0.29) is 35.9 Å². The van der Waals surface area contributed by atoms with Gasteiger partial charge in [0.25, 0.3) is 0 Å². The standard InChI is InChI=1S/C17H18F2N2O4/c18-17(19)25-11-7-5-10(6-8-11)20-14(22)9-21-15(23)12-3-1-2-4-13(12)16(21)24/h5-8,12-13,17H,1-4,9H2,(H,20,22)/t12-,13-/m1/s1. The van der Waals surface area contributed by atoms with Crippen LogP contribution >= 0.6 is 0 Å². The molecule has 2 atom stereocenters. The van der Waals surface area contributed by atoms with E-state index in [1.165, 1.54) is 24.3 Å². The number of rotatable bonds is 5. The zero-order chi connectivity index (χ0) is 18.0. The van der Waals surface area contributed by atoms with Crippen molar-refractivity contribution >= 4 is 23.4 Å². The molecule has 0 aromatic heterocycles. The third-order valence-corrected chi connectivity index (χ3v) is 4.60. The topological polar surface area (TPSA) is 75.7 Å². The second-order valence-electron chi connectivity index (χ2n) is 6.21. The third kappa shape index (κ3) is 3.78. The van der Waals surface area contributed by atoms with Crippen LogP contribution in [-0.2, 0) is 14.4 Å². The molecule has 6 nitrogen and oxygen atoms in total. The van der Waals surface area contributed by atoms with Gasteiger partial charge in [0.05, 0.1) is 11.8 Å². The van der Waals surface area contributed by atoms with Gasteiger partial charge in [0.2, 0.25) is 17.7 Å². The first-order chi connectivity index (χ1) is 12.0. The van der Waals surface area contributed by atoms with Crippen LogP contribution in [0.15, 0.2) is 24.3 Å². The molecular weight excluding hydrogens is 334 g/mol. The van der Waals surface area contributed by atoms with Gasteiger partial charge >= 0.3 is 6.61 Å². The van der Waals surface area contributed by atoms with Gasteiger partial charge in [-0.05, 0) is 37.1 Å². The van der Waals surface area contributed by atoms with Crippen LogP contribution in [-0.4, -0.2) is 35.8 Å². The number of imide groups is 1. The normalized spacial score (nSPS) is 22.9. The molecule has 1 aliphatic heterocycles. The summed E-state index contributed by atoms with van der Waals surface area (Å²) in [5, 5.41) is 2.54. The van der Waals surface area contributed by atoms with Crippen molar-refractivity contribution in [3.8, 4) is 5.75 Å². The molecule has 1 aromatic rings. The monoisotopic (exact) mass is 352 g/mol. The van der Waals surface area contributed by atoms with Crippen molar-refractivity contribution in [2.45, 2.75) is 32.3 Å². The van der Waals surface area contributed by atoms with E-state index in [0.29, 0.717) is 18.5 Å². The molecule has 3 amide bonds. The van der Waals surface area contributed by atoms with E-state index < -0.39 is 12.5 Å². The molecule has 1 saturated carbocycles. The van der Waals surface area contributed by atoms with Crippen LogP contribution in [0.4, 0.5) is 14.5 Å². The number of hydrogen-bond donors (Lipinski definition) is 1. The van der Waals surface area contributed by atoms with E-state index in [1.54, 1.807) is 0 Å². The highest BCUT2D eigenvalue weighted by Gasteiger charge is 2.48. The van der Waals surface area contributed by atoms with Gasteiger partial charge < -0.3 is 10.1 Å². The lowest BCUT2D eigenvalue weighted by molar-refractivity contribution is -0.142. The number of hydrogen-bond acceptors (Lipinski definition) is 4. The summed E-state index contributed by atoms with van der Waals surface area (Å²) in [5.74, 6) is -1.67. The zero-order valence-corrected chi connectivity index (χ0v) is 13.4. The lowest BCUT2D eigenvalue weighted by atomic mass is 9.81. The summed E-state index contributed by atoms with van der Waals surface area (Å²) in [7, 11) is 0. The Morgan fingerprint density at radius 1 is 1.12 bits per heavy atom. The van der Waals surface area contributed by atoms with Gasteiger partial charge in [-0.25, -0.2) is 0 Å². The lowest BCUT2D eigenvalue weighted by Gasteiger charge is -2.19. The number of carbonyl (C=O) groups excluding carboxylic acids is 3. The van der Waals surface area contributed by atoms with Crippen LogP contribution in [0.25, 0.3) is 0 Å². The van der Waals surface area contributed by atoms with E-state index in [9.17, 15) is 23.2 Å². The SMILES string of the molecule is O=C(CN1C(=O)[C@@H]2CCCC[C@H]2C1=O)Nc1ccc(OC(F)F)cc1. The molecule has 1 saturated heterocycles. The number of carbonyl (C=O) groups is 3. The summed E-state index contributed by atoms with van der Waals surface area (Å²) in [6, 6.07) is 5.40. The summed E-state index contributed by atoms with van der Waals surface area (Å²) in [5.41, 5.74) is 0.364. The third-order valence-electron chi connectivity index (χ3n) is 4.60. The largest absolute Gasteiger partial charge is 0.435 e. The van der Waals surface area contributed by atoms with Gasteiger partial charge in [-0.15, -0.1) is 0 Å². The van der Waals surface area contributed by atoms with Crippen molar-refractivity contribution in [1.82, 2.24) is 4.90 Å². The number of ether oxygens (including phenoxy) is 1. The highest BCUT2D eigenvalue weighted by molar-refractivity contribution is 6.08. The number of amides is 3. The van der Waals surface area contributed by atoms with Crippen molar-refractivity contribution in [1.29, 1.82) is 0 Å². The first-order valence-corrected chi connectivity index (χ1v) is 8.15. The molecule has 1 aromatic carbocycles. The van der Waals surface area contributed by atoms with Crippen LogP contribution in [0.1, 0.15) is 25.7 Å². The molecule has 8 heteroatoms. The summed E-state index contributed by atoms with van der Waals surface area (Å²) >= 11 is 0. The molecule has 0 unspecified atom stereocenters. The fourth-order valence-electron chi connectivity index (χ4n) is 3.45. The number of nitrogens with zero attached hydrogens (tertiary/aromatic N) is 1. The van der Waals surface area contributed by atoms with Crippen molar-refractivity contribution in [2.75, 3.05) is 11.9 Å². The Hall–Kier alpha value is -2.51. The molecule has 1 N–H and O–H groups in total. The molecular formula is C17H18F2N2O4. The maximum atomic E-state index is 12.3. The molecule has 0 bridgehead atoms. The Labute approximate surface area is 143 Å². The highest BCUT2D eigenvalue weighted by Crippen LogP contribution is 2.37. The van der Waals surface area contributed by atoms with Gasteiger partial charge in [0.15, 0.2) is 0 Å². The van der Waals surface area contributed by atoms with Gasteiger partial charge in [0.1, 0.15) is 12.3 Å². The van der Waals surface area contributed by atoms with Crippen molar-refractivity contribution in [3.63, 3.8) is 0 Å². The minimum Gasteiger partial charge on any atom is -0.435 e. The first-order valence-electron chi connectivity index (χ1n) is 8.15. The average molecular weight is 352 g/mol. The van der Waals surface area contributed by atoms with Crippen LogP contribution < -0.4 is 10.1 Å². The van der Waals surface area contributed by atoms with E-state index >= 15 is 0 Å². The number of halogens is 2. The molecule has 0 spiro atoms. The molecule has 25 heavy (non-hydrogen) atoms. The molecule has 2 aliphatic rings. The number of alkyl halides is 2. The molecule has 134 valence electrons. The summed E-state index contributed by atoms with van der Waals surface area (Å²) in [6.45, 7) is -3.25. The van der Waals surface area contributed by atoms with Gasteiger partial charge in [-0.3, -0.25) is 19.3 Å². The molecule has 3 rings (SSSR count). The number of benzene rings is 1. The van der Waals surface area contributed by atoms with Crippen LogP contribution in [0, 0.1) is 11.8 Å². The van der Waals surface area contributed by atoms with Crippen molar-refractivity contribution < 1.29 is 27.9 Å². The second-order valence-corrected chi connectivity index (χ2v) is 6.21. The van der Waals surface area contributed by atoms with E-state index in [2.05, 4.69) is 10.1 Å². The molecule has 0 radical (unpaired) electrons. The maximum Gasteiger partial charge on any atom is 0.387 e. The van der Waals surface area contributed by atoms with E-state index in [0.717, 1.165) is 17.7 Å². The fraction of sp³-hybridized carbons (Fsp3) is 0.471. The average Bonchev–Trinajstić information content (AvgIpc) is 2.82. The Bertz CT molecular complexity index is 654. The molecule has 1 aliphatic carbocycles. The highest BCUT2D eigenvalue weighted by atomic mass is 19.3. The molecule has 1 heterocycles. The fourth-order valence-corrected chi connectivity index (χ4v) is 3.45. The Kier molecular flexibility index (Phi) is 4.96. The van der Waals surface area contributed by atoms with Crippen LogP contribution in [0.5, 0.6) is 5.75 Å². The Morgan fingerprint density at radius 3 is 2.20 bits per heavy atom. The number of fused-ring (bicyclic) bond motifs is 1. The van der Waals surface area contributed by atoms with Gasteiger partial charge in [-0.1, -0.05) is 12.8 Å². The Balaban J connectivity index is 1.59. The minimum atomic E-state index is -2.92. The van der Waals surface area contributed by atoms with Crippen molar-refractivity contribution in [2.24, 2.45) is 11.8 Å². The van der Waals surface area contributed by atoms with Gasteiger partial charge in [-0.2, -0.15) is 8.78 Å². The summed E-state index contributed by atoms with van der Waals surface area (Å²) < 4.78 is 28.4. The number of likely N-dealkylation sites (tertiary alicyclic amines) is 1. The van der Waals surface area contributed by atoms with Gasteiger partial charge in [0, 0.05) is 5.69 Å². The number of nitrogens with one attached hydrogen (secondary N) is 1. The van der Waals surface area contributed by atoms with E-state index in [4.69, 9.17) is 0 Å². The minimum absolute atomic E-state index is 0.0260. The predicted octanol–water partition coefficient (Wildman–Crippen LogP) is 2.40. The van der Waals surface area contributed by atoms with Crippen LogP contribution in [0.2, 0.25) is 0 Å². The summed E-state index contributed by atoms with van der Waals surface area (Å²) in [6.07, 6.45) is 3.23. The van der Waals surface area contributed by atoms with Crippen LogP contribution in [0.3, 0.4) is 0 Å². The summed E-state index contributed by atoms with van der Waals surface area (Å²) in [4.78, 5) is 37.8.